The number of hydrogen-bond donors (Lipinski definition) is 1. The smallest absolute Gasteiger partial charge is 0.337 e. The van der Waals surface area contributed by atoms with E-state index in [-0.39, 0.29) is 27.8 Å². The summed E-state index contributed by atoms with van der Waals surface area (Å²) in [6.07, 6.45) is 0.980. The van der Waals surface area contributed by atoms with Crippen molar-refractivity contribution in [1.82, 2.24) is 5.16 Å². The zero-order valence-electron chi connectivity index (χ0n) is 14.0. The number of benzene rings is 2. The summed E-state index contributed by atoms with van der Waals surface area (Å²) in [5.41, 5.74) is 1.17. The van der Waals surface area contributed by atoms with Crippen LogP contribution in [0.25, 0.3) is 11.3 Å². The molecule has 0 amide bonds. The number of carbonyl (C=O) groups is 1. The second-order valence-corrected chi connectivity index (χ2v) is 8.03. The van der Waals surface area contributed by atoms with E-state index in [1.165, 1.54) is 0 Å². The van der Waals surface area contributed by atoms with E-state index in [0.717, 1.165) is 24.0 Å². The molecule has 27 heavy (non-hydrogen) atoms. The highest BCUT2D eigenvalue weighted by Crippen LogP contribution is 2.36. The maximum atomic E-state index is 12.0. The summed E-state index contributed by atoms with van der Waals surface area (Å²) in [5.74, 6) is -1.21. The number of nitrogens with zero attached hydrogens (tertiary/aromatic N) is 1. The highest BCUT2D eigenvalue weighted by atomic mass is 35.5. The molecule has 0 unspecified atom stereocenters. The third kappa shape index (κ3) is 4.12. The number of halogens is 1. The van der Waals surface area contributed by atoms with Gasteiger partial charge in [0.05, 0.1) is 10.6 Å². The van der Waals surface area contributed by atoms with Gasteiger partial charge in [0.2, 0.25) is 0 Å². The SMILES string of the molecule is CS(=O)(=O)c1ccc(C(=O)O)c(Cl)c1OCc1cc(-c2ccccc2)no1. The molecule has 0 radical (unpaired) electrons. The molecule has 0 spiro atoms. The summed E-state index contributed by atoms with van der Waals surface area (Å²) in [6, 6.07) is 13.2. The fraction of sp³-hybridized carbons (Fsp3) is 0.111. The van der Waals surface area contributed by atoms with Crippen LogP contribution < -0.4 is 4.74 Å². The van der Waals surface area contributed by atoms with E-state index in [4.69, 9.17) is 20.9 Å². The van der Waals surface area contributed by atoms with Gasteiger partial charge in [-0.25, -0.2) is 13.2 Å². The Morgan fingerprint density at radius 1 is 1.22 bits per heavy atom. The van der Waals surface area contributed by atoms with Gasteiger partial charge in [-0.3, -0.25) is 0 Å². The van der Waals surface area contributed by atoms with Crippen molar-refractivity contribution in [2.75, 3.05) is 6.26 Å². The Balaban J connectivity index is 1.91. The van der Waals surface area contributed by atoms with E-state index >= 15 is 0 Å². The largest absolute Gasteiger partial charge is 0.483 e. The van der Waals surface area contributed by atoms with Gasteiger partial charge in [-0.15, -0.1) is 0 Å². The molecule has 0 aliphatic carbocycles. The molecule has 1 N–H and O–H groups in total. The van der Waals surface area contributed by atoms with Gasteiger partial charge in [-0.1, -0.05) is 47.1 Å². The van der Waals surface area contributed by atoms with Gasteiger partial charge in [-0.05, 0) is 12.1 Å². The van der Waals surface area contributed by atoms with Crippen molar-refractivity contribution in [1.29, 1.82) is 0 Å². The van der Waals surface area contributed by atoms with Crippen LogP contribution in [-0.4, -0.2) is 30.9 Å². The van der Waals surface area contributed by atoms with Crippen molar-refractivity contribution in [2.24, 2.45) is 0 Å². The Kier molecular flexibility index (Phi) is 5.20. The van der Waals surface area contributed by atoms with Gasteiger partial charge in [0.15, 0.2) is 21.3 Å². The average Bonchev–Trinajstić information content (AvgIpc) is 3.09. The molecular formula is C18H14ClNO6S. The topological polar surface area (TPSA) is 107 Å². The van der Waals surface area contributed by atoms with Crippen molar-refractivity contribution in [2.45, 2.75) is 11.5 Å². The Bertz CT molecular complexity index is 1090. The van der Waals surface area contributed by atoms with Crippen LogP contribution in [0.3, 0.4) is 0 Å². The number of aromatic carboxylic acids is 1. The molecule has 3 rings (SSSR count). The number of aromatic nitrogens is 1. The molecule has 140 valence electrons. The van der Waals surface area contributed by atoms with E-state index < -0.39 is 15.8 Å². The number of hydrogen-bond acceptors (Lipinski definition) is 6. The molecule has 0 bridgehead atoms. The fourth-order valence-electron chi connectivity index (χ4n) is 2.40. The first-order valence-electron chi connectivity index (χ1n) is 7.67. The van der Waals surface area contributed by atoms with Crippen molar-refractivity contribution in [3.8, 4) is 17.0 Å². The lowest BCUT2D eigenvalue weighted by Crippen LogP contribution is -2.07. The summed E-state index contributed by atoms with van der Waals surface area (Å²) in [4.78, 5) is 11.0. The second-order valence-electron chi connectivity index (χ2n) is 5.66. The monoisotopic (exact) mass is 407 g/mol. The molecule has 2 aromatic carbocycles. The molecule has 1 aromatic heterocycles. The molecule has 9 heteroatoms. The molecule has 7 nitrogen and oxygen atoms in total. The molecule has 0 saturated heterocycles. The normalized spacial score (nSPS) is 11.3. The minimum Gasteiger partial charge on any atom is -0.483 e. The zero-order valence-corrected chi connectivity index (χ0v) is 15.6. The zero-order chi connectivity index (χ0) is 19.6. The lowest BCUT2D eigenvalue weighted by Gasteiger charge is -2.12. The van der Waals surface area contributed by atoms with Gasteiger partial charge in [-0.2, -0.15) is 0 Å². The first-order valence-corrected chi connectivity index (χ1v) is 9.94. The van der Waals surface area contributed by atoms with Crippen molar-refractivity contribution in [3.63, 3.8) is 0 Å². The van der Waals surface area contributed by atoms with Crippen molar-refractivity contribution < 1.29 is 27.6 Å². The van der Waals surface area contributed by atoms with Crippen LogP contribution in [0.2, 0.25) is 5.02 Å². The average molecular weight is 408 g/mol. The number of ether oxygens (including phenoxy) is 1. The standard InChI is InChI=1S/C18H14ClNO6S/c1-27(23,24)15-8-7-13(18(21)22)16(19)17(15)25-10-12-9-14(20-26-12)11-5-3-2-4-6-11/h2-9H,10H2,1H3,(H,21,22). The van der Waals surface area contributed by atoms with Crippen LogP contribution in [0.4, 0.5) is 0 Å². The lowest BCUT2D eigenvalue weighted by molar-refractivity contribution is 0.0696. The highest BCUT2D eigenvalue weighted by Gasteiger charge is 2.23. The summed E-state index contributed by atoms with van der Waals surface area (Å²) in [6.45, 7) is -0.175. The fourth-order valence-corrected chi connectivity index (χ4v) is 3.57. The van der Waals surface area contributed by atoms with E-state index in [0.29, 0.717) is 11.5 Å². The Morgan fingerprint density at radius 3 is 2.56 bits per heavy atom. The number of carboxylic acids is 1. The van der Waals surface area contributed by atoms with Crippen LogP contribution in [0.1, 0.15) is 16.1 Å². The Morgan fingerprint density at radius 2 is 1.93 bits per heavy atom. The van der Waals surface area contributed by atoms with Crippen molar-refractivity contribution >= 4 is 27.4 Å². The molecule has 3 aromatic rings. The van der Waals surface area contributed by atoms with Gasteiger partial charge >= 0.3 is 5.97 Å². The van der Waals surface area contributed by atoms with Crippen LogP contribution >= 0.6 is 11.6 Å². The molecule has 0 fully saturated rings. The number of rotatable bonds is 6. The maximum Gasteiger partial charge on any atom is 0.337 e. The molecular weight excluding hydrogens is 394 g/mol. The Labute approximate surface area is 160 Å². The Hall–Kier alpha value is -2.84. The highest BCUT2D eigenvalue weighted by molar-refractivity contribution is 7.90. The minimum atomic E-state index is -3.69. The first-order chi connectivity index (χ1) is 12.8. The third-order valence-corrected chi connectivity index (χ3v) is 5.17. The quantitative estimate of drug-likeness (QED) is 0.664. The molecule has 0 saturated carbocycles. The van der Waals surface area contributed by atoms with Gasteiger partial charge < -0.3 is 14.4 Å². The second kappa shape index (κ2) is 7.42. The predicted molar refractivity (Wildman–Crippen MR) is 97.8 cm³/mol. The van der Waals surface area contributed by atoms with E-state index in [9.17, 15) is 18.3 Å². The van der Waals surface area contributed by atoms with Gasteiger partial charge in [0.1, 0.15) is 17.2 Å². The summed E-state index contributed by atoms with van der Waals surface area (Å²) >= 11 is 6.07. The van der Waals surface area contributed by atoms with Crippen molar-refractivity contribution in [3.05, 3.63) is 64.9 Å². The van der Waals surface area contributed by atoms with Crippen LogP contribution in [0.15, 0.2) is 57.9 Å². The van der Waals surface area contributed by atoms with Crippen LogP contribution in [0, 0.1) is 0 Å². The van der Waals surface area contributed by atoms with Gasteiger partial charge in [0.25, 0.3) is 0 Å². The van der Waals surface area contributed by atoms with Crippen LogP contribution in [0.5, 0.6) is 5.75 Å². The summed E-state index contributed by atoms with van der Waals surface area (Å²) in [7, 11) is -3.69. The van der Waals surface area contributed by atoms with E-state index in [1.54, 1.807) is 6.07 Å². The predicted octanol–water partition coefficient (Wildman–Crippen LogP) is 3.68. The first kappa shape index (κ1) is 18.9. The third-order valence-electron chi connectivity index (χ3n) is 3.68. The van der Waals surface area contributed by atoms with E-state index in [1.807, 2.05) is 30.3 Å². The number of sulfone groups is 1. The van der Waals surface area contributed by atoms with Gasteiger partial charge in [0, 0.05) is 17.9 Å². The van der Waals surface area contributed by atoms with Crippen LogP contribution in [-0.2, 0) is 16.4 Å². The maximum absolute atomic E-state index is 12.0. The lowest BCUT2D eigenvalue weighted by atomic mass is 10.1. The molecule has 1 heterocycles. The number of carboxylic acid groups (broad SMARTS) is 1. The summed E-state index contributed by atoms with van der Waals surface area (Å²) in [5, 5.41) is 12.8. The minimum absolute atomic E-state index is 0.175. The molecule has 0 atom stereocenters. The molecule has 0 aliphatic heterocycles. The van der Waals surface area contributed by atoms with E-state index in [2.05, 4.69) is 5.16 Å². The summed E-state index contributed by atoms with van der Waals surface area (Å²) < 4.78 is 34.6. The molecule has 0 aliphatic rings.